The summed E-state index contributed by atoms with van der Waals surface area (Å²) < 4.78 is 1.75. The Labute approximate surface area is 162 Å². The molecule has 1 saturated carbocycles. The van der Waals surface area contributed by atoms with Gasteiger partial charge in [-0.05, 0) is 46.5 Å². The fourth-order valence-corrected chi connectivity index (χ4v) is 4.15. The zero-order chi connectivity index (χ0) is 20.1. The second-order valence-corrected chi connectivity index (χ2v) is 8.69. The number of carbonyl (C=O) groups is 2. The average molecular weight is 386 g/mol. The van der Waals surface area contributed by atoms with E-state index in [1.807, 2.05) is 20.8 Å². The molecule has 0 bridgehead atoms. The van der Waals surface area contributed by atoms with Gasteiger partial charge in [-0.15, -0.1) is 0 Å². The van der Waals surface area contributed by atoms with Gasteiger partial charge < -0.3 is 5.32 Å². The van der Waals surface area contributed by atoms with Crippen molar-refractivity contribution in [2.75, 3.05) is 5.32 Å². The number of likely N-dealkylation sites (tertiary alicyclic amines) is 1. The Bertz CT molecular complexity index is 962. The molecule has 0 unspecified atom stereocenters. The van der Waals surface area contributed by atoms with Gasteiger partial charge in [0.2, 0.25) is 17.8 Å². The van der Waals surface area contributed by atoms with Crippen molar-refractivity contribution >= 4 is 28.8 Å². The molecule has 0 spiro atoms. The topological polar surface area (TPSA) is 113 Å². The second kappa shape index (κ2) is 6.72. The Kier molecular flexibility index (Phi) is 4.47. The number of aromatic amines is 1. The van der Waals surface area contributed by atoms with Crippen molar-refractivity contribution in [1.29, 1.82) is 0 Å². The molecule has 2 fully saturated rings. The number of hydrogen-bond donors (Lipinski definition) is 2. The third-order valence-electron chi connectivity index (χ3n) is 5.57. The van der Waals surface area contributed by atoms with Gasteiger partial charge in [0.05, 0.1) is 11.7 Å². The molecule has 2 N–H and O–H groups in total. The molecule has 9 nitrogen and oxygen atoms in total. The summed E-state index contributed by atoms with van der Waals surface area (Å²) in [5, 5.41) is 8.11. The summed E-state index contributed by atoms with van der Waals surface area (Å²) in [7, 11) is 0. The lowest BCUT2D eigenvalue weighted by Crippen LogP contribution is -2.43. The minimum absolute atomic E-state index is 0.00244. The largest absolute Gasteiger partial charge is 0.353 e. The average Bonchev–Trinajstić information content (AvgIpc) is 3.19. The summed E-state index contributed by atoms with van der Waals surface area (Å²) in [5.74, 6) is 0.335. The van der Waals surface area contributed by atoms with Gasteiger partial charge in [-0.3, -0.25) is 24.3 Å². The van der Waals surface area contributed by atoms with E-state index in [9.17, 15) is 14.4 Å². The van der Waals surface area contributed by atoms with Crippen molar-refractivity contribution in [2.45, 2.75) is 76.9 Å². The first-order valence-electron chi connectivity index (χ1n) is 9.84. The van der Waals surface area contributed by atoms with Gasteiger partial charge in [0.1, 0.15) is 5.39 Å². The van der Waals surface area contributed by atoms with Crippen LogP contribution in [0.2, 0.25) is 0 Å². The van der Waals surface area contributed by atoms with Crippen LogP contribution in [-0.4, -0.2) is 48.5 Å². The first-order chi connectivity index (χ1) is 13.2. The van der Waals surface area contributed by atoms with E-state index in [2.05, 4.69) is 20.4 Å². The zero-order valence-corrected chi connectivity index (χ0v) is 16.5. The molecule has 3 heterocycles. The number of anilines is 1. The van der Waals surface area contributed by atoms with Gasteiger partial charge in [-0.25, -0.2) is 4.68 Å². The van der Waals surface area contributed by atoms with E-state index >= 15 is 0 Å². The molecule has 1 aliphatic carbocycles. The maximum atomic E-state index is 12.4. The monoisotopic (exact) mass is 386 g/mol. The number of imide groups is 1. The lowest BCUT2D eigenvalue weighted by molar-refractivity contribution is -0.141. The lowest BCUT2D eigenvalue weighted by atomic mass is 9.90. The van der Waals surface area contributed by atoms with Crippen LogP contribution >= 0.6 is 0 Å². The van der Waals surface area contributed by atoms with Gasteiger partial charge in [0, 0.05) is 24.9 Å². The van der Waals surface area contributed by atoms with Crippen molar-refractivity contribution in [3.05, 3.63) is 16.6 Å². The van der Waals surface area contributed by atoms with Gasteiger partial charge in [-0.2, -0.15) is 10.1 Å². The Morgan fingerprint density at radius 2 is 1.71 bits per heavy atom. The highest BCUT2D eigenvalue weighted by atomic mass is 16.2. The van der Waals surface area contributed by atoms with Crippen molar-refractivity contribution in [2.24, 2.45) is 0 Å². The van der Waals surface area contributed by atoms with Gasteiger partial charge >= 0.3 is 0 Å². The summed E-state index contributed by atoms with van der Waals surface area (Å²) in [6, 6.07) is 0.132. The van der Waals surface area contributed by atoms with Crippen LogP contribution in [0.3, 0.4) is 0 Å². The number of nitrogens with zero attached hydrogens (tertiary/aromatic N) is 4. The Morgan fingerprint density at radius 3 is 2.32 bits per heavy atom. The number of aromatic nitrogens is 4. The van der Waals surface area contributed by atoms with Gasteiger partial charge in [0.15, 0.2) is 5.65 Å². The predicted molar refractivity (Wildman–Crippen MR) is 104 cm³/mol. The van der Waals surface area contributed by atoms with Crippen LogP contribution in [0.15, 0.2) is 11.0 Å². The van der Waals surface area contributed by atoms with Crippen LogP contribution in [0.5, 0.6) is 0 Å². The second-order valence-electron chi connectivity index (χ2n) is 8.69. The number of fused-ring (bicyclic) bond motifs is 1. The SMILES string of the molecule is CC(C)(C)n1ncc2c(=O)[nH]c(NC3CCC(N4C(=O)CCC4=O)CC3)nc21. The molecule has 2 aliphatic rings. The number of nitrogens with one attached hydrogen (secondary N) is 2. The van der Waals surface area contributed by atoms with Crippen LogP contribution in [0.25, 0.3) is 11.0 Å². The molecule has 4 rings (SSSR count). The highest BCUT2D eigenvalue weighted by Crippen LogP contribution is 2.28. The minimum atomic E-state index is -0.285. The third kappa shape index (κ3) is 3.29. The van der Waals surface area contributed by atoms with Gasteiger partial charge in [0.25, 0.3) is 5.56 Å². The molecule has 28 heavy (non-hydrogen) atoms. The van der Waals surface area contributed by atoms with Crippen molar-refractivity contribution in [3.63, 3.8) is 0 Å². The molecule has 0 atom stereocenters. The molecule has 1 saturated heterocycles. The lowest BCUT2D eigenvalue weighted by Gasteiger charge is -2.33. The van der Waals surface area contributed by atoms with E-state index in [-0.39, 0.29) is 35.0 Å². The number of amides is 2. The Morgan fingerprint density at radius 1 is 1.07 bits per heavy atom. The van der Waals surface area contributed by atoms with Crippen LogP contribution in [-0.2, 0) is 15.1 Å². The molecule has 1 aliphatic heterocycles. The van der Waals surface area contributed by atoms with Gasteiger partial charge in [-0.1, -0.05) is 0 Å². The summed E-state index contributed by atoms with van der Waals surface area (Å²) in [4.78, 5) is 45.1. The maximum Gasteiger partial charge on any atom is 0.263 e. The maximum absolute atomic E-state index is 12.4. The summed E-state index contributed by atoms with van der Waals surface area (Å²) in [6.07, 6.45) is 5.37. The van der Waals surface area contributed by atoms with Crippen molar-refractivity contribution < 1.29 is 9.59 Å². The summed E-state index contributed by atoms with van der Waals surface area (Å²) in [6.45, 7) is 6.03. The molecule has 2 amide bonds. The molecular formula is C19H26N6O3. The number of hydrogen-bond acceptors (Lipinski definition) is 6. The van der Waals surface area contributed by atoms with E-state index in [4.69, 9.17) is 0 Å². The zero-order valence-electron chi connectivity index (χ0n) is 16.5. The summed E-state index contributed by atoms with van der Waals surface area (Å²) >= 11 is 0. The first-order valence-corrected chi connectivity index (χ1v) is 9.84. The van der Waals surface area contributed by atoms with E-state index in [0.717, 1.165) is 25.7 Å². The minimum Gasteiger partial charge on any atom is -0.353 e. The fraction of sp³-hybridized carbons (Fsp3) is 0.632. The van der Waals surface area contributed by atoms with E-state index in [0.29, 0.717) is 29.8 Å². The standard InChI is InChI=1S/C19H26N6O3/c1-19(2,3)25-16-13(10-20-25)17(28)23-18(22-16)21-11-4-6-12(7-5-11)24-14(26)8-9-15(24)27/h10-12H,4-9H2,1-3H3,(H2,21,22,23,28). The van der Waals surface area contributed by atoms with E-state index in [1.54, 1.807) is 10.9 Å². The Hall–Kier alpha value is -2.71. The number of carbonyl (C=O) groups excluding carboxylic acids is 2. The predicted octanol–water partition coefficient (Wildman–Crippen LogP) is 1.75. The van der Waals surface area contributed by atoms with Crippen LogP contribution in [0.1, 0.15) is 59.3 Å². The Balaban J connectivity index is 1.48. The quantitative estimate of drug-likeness (QED) is 0.777. The first kappa shape index (κ1) is 18.6. The highest BCUT2D eigenvalue weighted by molar-refractivity contribution is 6.02. The molecule has 150 valence electrons. The molecular weight excluding hydrogens is 360 g/mol. The molecule has 0 radical (unpaired) electrons. The normalized spacial score (nSPS) is 23.6. The molecule has 2 aromatic rings. The number of rotatable bonds is 3. The summed E-state index contributed by atoms with van der Waals surface area (Å²) in [5.41, 5.74) is 0.0535. The van der Waals surface area contributed by atoms with E-state index < -0.39 is 0 Å². The molecule has 9 heteroatoms. The molecule has 0 aromatic carbocycles. The number of H-pyrrole nitrogens is 1. The smallest absolute Gasteiger partial charge is 0.263 e. The fourth-order valence-electron chi connectivity index (χ4n) is 4.15. The van der Waals surface area contributed by atoms with Crippen LogP contribution < -0.4 is 10.9 Å². The van der Waals surface area contributed by atoms with Crippen LogP contribution in [0.4, 0.5) is 5.95 Å². The third-order valence-corrected chi connectivity index (χ3v) is 5.57. The van der Waals surface area contributed by atoms with E-state index in [1.165, 1.54) is 4.90 Å². The molecule has 2 aromatic heterocycles. The van der Waals surface area contributed by atoms with Crippen LogP contribution in [0, 0.1) is 0 Å². The van der Waals surface area contributed by atoms with Crippen molar-refractivity contribution in [3.8, 4) is 0 Å². The highest BCUT2D eigenvalue weighted by Gasteiger charge is 2.37. The van der Waals surface area contributed by atoms with Crippen molar-refractivity contribution in [1.82, 2.24) is 24.6 Å².